The van der Waals surface area contributed by atoms with Crippen molar-refractivity contribution in [2.45, 2.75) is 44.0 Å². The van der Waals surface area contributed by atoms with Crippen molar-refractivity contribution < 1.29 is 22.7 Å². The summed E-state index contributed by atoms with van der Waals surface area (Å²) in [5, 5.41) is 2.71. The summed E-state index contributed by atoms with van der Waals surface area (Å²) < 4.78 is 31.5. The van der Waals surface area contributed by atoms with Gasteiger partial charge in [-0.2, -0.15) is 4.31 Å². The third-order valence-electron chi connectivity index (χ3n) is 3.92. The second kappa shape index (κ2) is 8.13. The molecule has 1 aliphatic heterocycles. The summed E-state index contributed by atoms with van der Waals surface area (Å²) >= 11 is 0. The Morgan fingerprint density at radius 2 is 1.96 bits per heavy atom. The number of carbonyl (C=O) groups is 2. The molecule has 1 amide bonds. The molecule has 8 nitrogen and oxygen atoms in total. The van der Waals surface area contributed by atoms with Crippen LogP contribution in [-0.4, -0.2) is 54.8 Å². The normalized spacial score (nSPS) is 16.9. The van der Waals surface area contributed by atoms with Gasteiger partial charge in [-0.3, -0.25) is 14.6 Å². The minimum absolute atomic E-state index is 0.139. The van der Waals surface area contributed by atoms with Gasteiger partial charge in [0, 0.05) is 31.0 Å². The summed E-state index contributed by atoms with van der Waals surface area (Å²) in [4.78, 5) is 27.8. The molecule has 0 saturated carbocycles. The molecule has 2 heterocycles. The van der Waals surface area contributed by atoms with Crippen LogP contribution in [0, 0.1) is 5.92 Å². The molecule has 2 rings (SSSR count). The Morgan fingerprint density at radius 3 is 2.50 bits per heavy atom. The molecular weight excluding hydrogens is 358 g/mol. The highest BCUT2D eigenvalue weighted by Gasteiger charge is 2.33. The highest BCUT2D eigenvalue weighted by Crippen LogP contribution is 2.24. The number of carbonyl (C=O) groups excluding carboxylic acids is 2. The fraction of sp³-hybridized carbons (Fsp3) is 0.588. The number of sulfonamides is 1. The Balaban J connectivity index is 1.84. The third-order valence-corrected chi connectivity index (χ3v) is 5.80. The number of hydrogen-bond donors (Lipinski definition) is 1. The van der Waals surface area contributed by atoms with Crippen LogP contribution in [0.1, 0.15) is 33.6 Å². The Labute approximate surface area is 154 Å². The smallest absolute Gasteiger partial charge is 0.309 e. The van der Waals surface area contributed by atoms with Crippen LogP contribution in [0.2, 0.25) is 0 Å². The van der Waals surface area contributed by atoms with Crippen molar-refractivity contribution >= 4 is 21.9 Å². The van der Waals surface area contributed by atoms with Crippen LogP contribution in [0.25, 0.3) is 0 Å². The standard InChI is InChI=1S/C17H25N3O5S/c1-17(2,3)19-15(21)12-25-16(22)13-6-9-20(10-7-13)26(23,24)14-5-4-8-18-11-14/h4-5,8,11,13H,6-7,9-10,12H2,1-3H3,(H,19,21). The average Bonchev–Trinajstić information content (AvgIpc) is 2.59. The summed E-state index contributed by atoms with van der Waals surface area (Å²) in [6, 6.07) is 3.07. The van der Waals surface area contributed by atoms with Gasteiger partial charge >= 0.3 is 5.97 Å². The number of piperidine rings is 1. The van der Waals surface area contributed by atoms with Crippen molar-refractivity contribution in [1.82, 2.24) is 14.6 Å². The molecule has 1 aromatic heterocycles. The molecule has 0 radical (unpaired) electrons. The molecule has 0 aliphatic carbocycles. The Hall–Kier alpha value is -2.00. The largest absolute Gasteiger partial charge is 0.455 e. The van der Waals surface area contributed by atoms with Crippen LogP contribution in [0.15, 0.2) is 29.4 Å². The van der Waals surface area contributed by atoms with Crippen molar-refractivity contribution in [3.8, 4) is 0 Å². The molecule has 0 spiro atoms. The molecule has 0 bridgehead atoms. The van der Waals surface area contributed by atoms with Crippen LogP contribution in [0.3, 0.4) is 0 Å². The number of esters is 1. The first-order valence-corrected chi connectivity index (χ1v) is 9.91. The maximum atomic E-state index is 12.5. The van der Waals surface area contributed by atoms with E-state index in [1.54, 1.807) is 6.07 Å². The molecule has 9 heteroatoms. The molecular formula is C17H25N3O5S. The summed E-state index contributed by atoms with van der Waals surface area (Å²) in [6.45, 7) is 5.64. The Bertz CT molecular complexity index is 735. The van der Waals surface area contributed by atoms with Crippen LogP contribution < -0.4 is 5.32 Å². The zero-order valence-electron chi connectivity index (χ0n) is 15.3. The van der Waals surface area contributed by atoms with Gasteiger partial charge in [0.05, 0.1) is 5.92 Å². The van der Waals surface area contributed by atoms with Crippen molar-refractivity contribution in [1.29, 1.82) is 0 Å². The summed E-state index contributed by atoms with van der Waals surface area (Å²) in [7, 11) is -3.60. The molecule has 1 aromatic rings. The molecule has 0 unspecified atom stereocenters. The SMILES string of the molecule is CC(C)(C)NC(=O)COC(=O)C1CCN(S(=O)(=O)c2cccnc2)CC1. The van der Waals surface area contributed by atoms with E-state index >= 15 is 0 Å². The zero-order chi connectivity index (χ0) is 19.4. The fourth-order valence-corrected chi connectivity index (χ4v) is 4.12. The number of amides is 1. The summed E-state index contributed by atoms with van der Waals surface area (Å²) in [5.41, 5.74) is -0.393. The number of nitrogens with zero attached hydrogens (tertiary/aromatic N) is 2. The van der Waals surface area contributed by atoms with E-state index in [9.17, 15) is 18.0 Å². The maximum absolute atomic E-state index is 12.5. The quantitative estimate of drug-likeness (QED) is 0.759. The van der Waals surface area contributed by atoms with Gasteiger partial charge in [0.2, 0.25) is 10.0 Å². The van der Waals surface area contributed by atoms with Crippen molar-refractivity contribution in [2.24, 2.45) is 5.92 Å². The number of rotatable bonds is 5. The van der Waals surface area contributed by atoms with E-state index in [1.165, 1.54) is 22.8 Å². The molecule has 1 aliphatic rings. The Morgan fingerprint density at radius 1 is 1.31 bits per heavy atom. The first-order valence-electron chi connectivity index (χ1n) is 8.47. The van der Waals surface area contributed by atoms with E-state index < -0.39 is 27.4 Å². The molecule has 1 N–H and O–H groups in total. The number of hydrogen-bond acceptors (Lipinski definition) is 6. The minimum atomic E-state index is -3.60. The molecule has 0 aromatic carbocycles. The van der Waals surface area contributed by atoms with E-state index in [0.29, 0.717) is 12.8 Å². The fourth-order valence-electron chi connectivity index (χ4n) is 2.69. The number of aromatic nitrogens is 1. The van der Waals surface area contributed by atoms with Crippen LogP contribution in [0.5, 0.6) is 0 Å². The number of ether oxygens (including phenoxy) is 1. The summed E-state index contributed by atoms with van der Waals surface area (Å²) in [6.07, 6.45) is 3.54. The lowest BCUT2D eigenvalue weighted by Crippen LogP contribution is -2.44. The molecule has 144 valence electrons. The van der Waals surface area contributed by atoms with Gasteiger partial charge in [-0.05, 0) is 45.7 Å². The predicted molar refractivity (Wildman–Crippen MR) is 94.6 cm³/mol. The first kappa shape index (κ1) is 20.3. The third kappa shape index (κ3) is 5.50. The van der Waals surface area contributed by atoms with Gasteiger partial charge in [0.1, 0.15) is 4.90 Å². The van der Waals surface area contributed by atoms with E-state index in [2.05, 4.69) is 10.3 Å². The van der Waals surface area contributed by atoms with E-state index in [1.807, 2.05) is 20.8 Å². The van der Waals surface area contributed by atoms with Crippen LogP contribution in [-0.2, 0) is 24.3 Å². The van der Waals surface area contributed by atoms with Gasteiger partial charge in [-0.15, -0.1) is 0 Å². The van der Waals surface area contributed by atoms with Crippen LogP contribution in [0.4, 0.5) is 0 Å². The first-order chi connectivity index (χ1) is 12.1. The summed E-state index contributed by atoms with van der Waals surface area (Å²) in [5.74, 6) is -1.23. The van der Waals surface area contributed by atoms with E-state index in [4.69, 9.17) is 4.74 Å². The lowest BCUT2D eigenvalue weighted by atomic mass is 9.98. The maximum Gasteiger partial charge on any atom is 0.309 e. The van der Waals surface area contributed by atoms with Crippen molar-refractivity contribution in [3.63, 3.8) is 0 Å². The highest BCUT2D eigenvalue weighted by atomic mass is 32.2. The number of pyridine rings is 1. The highest BCUT2D eigenvalue weighted by molar-refractivity contribution is 7.89. The molecule has 26 heavy (non-hydrogen) atoms. The second-order valence-electron chi connectivity index (χ2n) is 7.27. The van der Waals surface area contributed by atoms with Gasteiger partial charge in [0.25, 0.3) is 5.91 Å². The average molecular weight is 383 g/mol. The van der Waals surface area contributed by atoms with Crippen molar-refractivity contribution in [3.05, 3.63) is 24.5 Å². The topological polar surface area (TPSA) is 106 Å². The van der Waals surface area contributed by atoms with Gasteiger partial charge in [0.15, 0.2) is 6.61 Å². The van der Waals surface area contributed by atoms with E-state index in [0.717, 1.165) is 0 Å². The zero-order valence-corrected chi connectivity index (χ0v) is 16.1. The predicted octanol–water partition coefficient (Wildman–Crippen LogP) is 0.940. The van der Waals surface area contributed by atoms with Gasteiger partial charge < -0.3 is 10.1 Å². The monoisotopic (exact) mass is 383 g/mol. The molecule has 0 atom stereocenters. The minimum Gasteiger partial charge on any atom is -0.455 e. The van der Waals surface area contributed by atoms with Gasteiger partial charge in [-0.1, -0.05) is 0 Å². The second-order valence-corrected chi connectivity index (χ2v) is 9.21. The Kier molecular flexibility index (Phi) is 6.35. The lowest BCUT2D eigenvalue weighted by molar-refractivity contribution is -0.154. The molecule has 1 fully saturated rings. The van der Waals surface area contributed by atoms with E-state index in [-0.39, 0.29) is 30.5 Å². The van der Waals surface area contributed by atoms with Crippen molar-refractivity contribution in [2.75, 3.05) is 19.7 Å². The lowest BCUT2D eigenvalue weighted by Gasteiger charge is -2.30. The van der Waals surface area contributed by atoms with Crippen LogP contribution >= 0.6 is 0 Å². The number of nitrogens with one attached hydrogen (secondary N) is 1. The molecule has 1 saturated heterocycles. The van der Waals surface area contributed by atoms with Gasteiger partial charge in [-0.25, -0.2) is 8.42 Å².